The number of hydrogen-bond donors (Lipinski definition) is 2. The summed E-state index contributed by atoms with van der Waals surface area (Å²) in [6, 6.07) is 14.4. The lowest BCUT2D eigenvalue weighted by atomic mass is 9.77. The molecular formula is C35H41BN4O6. The molecule has 11 heteroatoms. The molecular weight excluding hydrogens is 583 g/mol. The fraction of sp³-hybridized carbons (Fsp3) is 0.457. The second kappa shape index (κ2) is 10.7. The van der Waals surface area contributed by atoms with Gasteiger partial charge in [0.1, 0.15) is 18.2 Å². The highest BCUT2D eigenvalue weighted by Crippen LogP contribution is 2.43. The maximum Gasteiger partial charge on any atom is 0.494 e. The number of H-pyrrole nitrogens is 1. The van der Waals surface area contributed by atoms with Crippen molar-refractivity contribution in [2.45, 2.75) is 84.8 Å². The molecule has 2 amide bonds. The van der Waals surface area contributed by atoms with Crippen LogP contribution in [0.3, 0.4) is 0 Å². The van der Waals surface area contributed by atoms with Gasteiger partial charge < -0.3 is 34.4 Å². The SMILES string of the molecule is CC(C)[C@H](OC(N)=O)C(=O)N1C[C@@H](C)C[C@H]1c1nc2ccc3cc4c(cc3c2[nH]1)OCc1cc(B2OC(C)(C)C(C)(C)O2)ccc1-4. The summed E-state index contributed by atoms with van der Waals surface area (Å²) in [5, 5.41) is 2.05. The first-order valence-electron chi connectivity index (χ1n) is 16.1. The summed E-state index contributed by atoms with van der Waals surface area (Å²) >= 11 is 0. The molecule has 4 heterocycles. The van der Waals surface area contributed by atoms with Gasteiger partial charge in [0, 0.05) is 17.5 Å². The van der Waals surface area contributed by atoms with Gasteiger partial charge in [-0.05, 0) is 86.1 Å². The van der Waals surface area contributed by atoms with E-state index in [2.05, 4.69) is 76.0 Å². The van der Waals surface area contributed by atoms with Gasteiger partial charge in [-0.1, -0.05) is 45.0 Å². The molecule has 3 aliphatic heterocycles. The lowest BCUT2D eigenvalue weighted by Gasteiger charge is -2.32. The standard InChI is InChI=1S/C35H41BN4O6/c1-18(2)30(44-33(37)42)32(41)40-16-19(3)12-27(40)31-38-26-11-8-20-14-25-23-10-9-22(36-45-34(4,5)35(6,7)46-36)13-21(23)17-43-28(25)15-24(20)29(26)39-31/h8-11,13-15,18-19,27,30H,12,16-17H2,1-7H3,(H2,37,42)(H,38,39)/t19-,27-,30-/m0/s1. The van der Waals surface area contributed by atoms with Gasteiger partial charge in [0.15, 0.2) is 6.10 Å². The molecule has 2 fully saturated rings. The molecule has 46 heavy (non-hydrogen) atoms. The maximum atomic E-state index is 13.6. The number of amides is 2. The fourth-order valence-corrected chi connectivity index (χ4v) is 6.93. The van der Waals surface area contributed by atoms with Crippen molar-refractivity contribution in [1.29, 1.82) is 0 Å². The van der Waals surface area contributed by atoms with Gasteiger partial charge in [-0.3, -0.25) is 4.79 Å². The van der Waals surface area contributed by atoms with Crippen molar-refractivity contribution in [2.24, 2.45) is 17.6 Å². The summed E-state index contributed by atoms with van der Waals surface area (Å²) in [6.07, 6.45) is -1.16. The molecule has 7 rings (SSSR count). The Hall–Kier alpha value is -4.09. The Morgan fingerprint density at radius 1 is 1.07 bits per heavy atom. The predicted octanol–water partition coefficient (Wildman–Crippen LogP) is 5.60. The highest BCUT2D eigenvalue weighted by Gasteiger charge is 2.52. The van der Waals surface area contributed by atoms with Crippen molar-refractivity contribution in [1.82, 2.24) is 14.9 Å². The zero-order valence-corrected chi connectivity index (χ0v) is 27.5. The van der Waals surface area contributed by atoms with Crippen molar-refractivity contribution in [2.75, 3.05) is 6.54 Å². The van der Waals surface area contributed by atoms with E-state index < -0.39 is 30.5 Å². The average Bonchev–Trinajstić information content (AvgIpc) is 3.66. The predicted molar refractivity (Wildman–Crippen MR) is 177 cm³/mol. The van der Waals surface area contributed by atoms with Gasteiger partial charge in [-0.15, -0.1) is 0 Å². The molecule has 0 unspecified atom stereocenters. The molecule has 0 saturated carbocycles. The molecule has 3 atom stereocenters. The number of nitrogens with one attached hydrogen (secondary N) is 1. The molecule has 240 valence electrons. The molecule has 2 saturated heterocycles. The van der Waals surface area contributed by atoms with Crippen LogP contribution < -0.4 is 15.9 Å². The molecule has 3 aliphatic rings. The van der Waals surface area contributed by atoms with E-state index in [1.165, 1.54) is 0 Å². The number of nitrogens with zero attached hydrogens (tertiary/aromatic N) is 2. The van der Waals surface area contributed by atoms with E-state index in [4.69, 9.17) is 29.5 Å². The van der Waals surface area contributed by atoms with Gasteiger partial charge in [0.2, 0.25) is 0 Å². The van der Waals surface area contributed by atoms with Crippen LogP contribution >= 0.6 is 0 Å². The summed E-state index contributed by atoms with van der Waals surface area (Å²) < 4.78 is 24.2. The third kappa shape index (κ3) is 5.00. The first-order chi connectivity index (χ1) is 21.7. The normalized spacial score (nSPS) is 22.2. The Bertz CT molecular complexity index is 1870. The summed E-state index contributed by atoms with van der Waals surface area (Å²) in [6.45, 7) is 15.0. The topological polar surface area (TPSA) is 129 Å². The van der Waals surface area contributed by atoms with Gasteiger partial charge in [-0.2, -0.15) is 0 Å². The Morgan fingerprint density at radius 2 is 1.80 bits per heavy atom. The number of carbonyl (C=O) groups excluding carboxylic acids is 2. The van der Waals surface area contributed by atoms with E-state index in [0.717, 1.165) is 56.1 Å². The number of benzene rings is 3. The van der Waals surface area contributed by atoms with Crippen molar-refractivity contribution >= 4 is 46.4 Å². The minimum Gasteiger partial charge on any atom is -0.488 e. The summed E-state index contributed by atoms with van der Waals surface area (Å²) in [7, 11) is -0.433. The number of aromatic nitrogens is 2. The molecule has 3 N–H and O–H groups in total. The van der Waals surface area contributed by atoms with E-state index in [9.17, 15) is 9.59 Å². The monoisotopic (exact) mass is 624 g/mol. The Morgan fingerprint density at radius 3 is 2.50 bits per heavy atom. The first-order valence-corrected chi connectivity index (χ1v) is 16.1. The lowest BCUT2D eigenvalue weighted by Crippen LogP contribution is -2.44. The Kier molecular flexibility index (Phi) is 7.13. The van der Waals surface area contributed by atoms with Gasteiger partial charge in [0.05, 0.1) is 28.3 Å². The zero-order valence-electron chi connectivity index (χ0n) is 27.5. The van der Waals surface area contributed by atoms with Crippen molar-refractivity contribution < 1.29 is 28.4 Å². The van der Waals surface area contributed by atoms with Gasteiger partial charge in [0.25, 0.3) is 5.91 Å². The highest BCUT2D eigenvalue weighted by molar-refractivity contribution is 6.62. The molecule has 4 aromatic rings. The quantitative estimate of drug-likeness (QED) is 0.277. The molecule has 0 aliphatic carbocycles. The van der Waals surface area contributed by atoms with E-state index in [1.54, 1.807) is 4.90 Å². The van der Waals surface area contributed by atoms with Crippen LogP contribution in [0.5, 0.6) is 5.75 Å². The van der Waals surface area contributed by atoms with Crippen LogP contribution in [0.25, 0.3) is 32.9 Å². The molecule has 1 aromatic heterocycles. The van der Waals surface area contributed by atoms with Gasteiger partial charge in [-0.25, -0.2) is 9.78 Å². The van der Waals surface area contributed by atoms with Crippen LogP contribution in [0.4, 0.5) is 4.79 Å². The maximum absolute atomic E-state index is 13.6. The summed E-state index contributed by atoms with van der Waals surface area (Å²) in [5.74, 6) is 1.30. The third-order valence-corrected chi connectivity index (χ3v) is 10.1. The van der Waals surface area contributed by atoms with Crippen LogP contribution in [-0.4, -0.2) is 57.8 Å². The number of ether oxygens (including phenoxy) is 2. The highest BCUT2D eigenvalue weighted by atomic mass is 16.7. The molecule has 0 spiro atoms. The summed E-state index contributed by atoms with van der Waals surface area (Å²) in [4.78, 5) is 35.5. The number of carbonyl (C=O) groups is 2. The van der Waals surface area contributed by atoms with E-state index in [1.807, 2.05) is 19.9 Å². The van der Waals surface area contributed by atoms with E-state index in [-0.39, 0.29) is 23.8 Å². The molecule has 0 bridgehead atoms. The van der Waals surface area contributed by atoms with Crippen molar-refractivity contribution in [3.8, 4) is 16.9 Å². The lowest BCUT2D eigenvalue weighted by molar-refractivity contribution is -0.143. The van der Waals surface area contributed by atoms with Crippen molar-refractivity contribution in [3.63, 3.8) is 0 Å². The number of nitrogens with two attached hydrogens (primary N) is 1. The average molecular weight is 625 g/mol. The zero-order chi connectivity index (χ0) is 32.7. The molecule has 3 aromatic carbocycles. The number of primary amides is 1. The number of likely N-dealkylation sites (tertiary alicyclic amines) is 1. The fourth-order valence-electron chi connectivity index (χ4n) is 6.93. The van der Waals surface area contributed by atoms with Crippen LogP contribution in [0, 0.1) is 11.8 Å². The number of rotatable bonds is 5. The van der Waals surface area contributed by atoms with Gasteiger partial charge >= 0.3 is 13.2 Å². The van der Waals surface area contributed by atoms with E-state index in [0.29, 0.717) is 19.0 Å². The largest absolute Gasteiger partial charge is 0.494 e. The van der Waals surface area contributed by atoms with Crippen LogP contribution in [0.2, 0.25) is 0 Å². The minimum absolute atomic E-state index is 0.220. The number of aromatic amines is 1. The number of hydrogen-bond acceptors (Lipinski definition) is 7. The Balaban J connectivity index is 1.21. The molecule has 10 nitrogen and oxygen atoms in total. The minimum atomic E-state index is -0.954. The van der Waals surface area contributed by atoms with Crippen LogP contribution in [-0.2, 0) is 25.4 Å². The van der Waals surface area contributed by atoms with Crippen molar-refractivity contribution in [3.05, 3.63) is 53.9 Å². The smallest absolute Gasteiger partial charge is 0.488 e. The third-order valence-electron chi connectivity index (χ3n) is 10.1. The number of imidazole rings is 1. The van der Waals surface area contributed by atoms with Crippen LogP contribution in [0.1, 0.15) is 72.3 Å². The number of fused-ring (bicyclic) bond motifs is 6. The second-order valence-electron chi connectivity index (χ2n) is 14.4. The second-order valence-corrected chi connectivity index (χ2v) is 14.4. The first kappa shape index (κ1) is 30.6. The Labute approximate surface area is 269 Å². The summed E-state index contributed by atoms with van der Waals surface area (Å²) in [5.41, 5.74) is 10.4. The molecule has 0 radical (unpaired) electrons. The van der Waals surface area contributed by atoms with E-state index >= 15 is 0 Å². The van der Waals surface area contributed by atoms with Crippen LogP contribution in [0.15, 0.2) is 42.5 Å².